The molecule has 1 saturated heterocycles. The molecule has 132 valence electrons. The highest BCUT2D eigenvalue weighted by Gasteiger charge is 2.29. The fraction of sp³-hybridized carbons (Fsp3) is 0.333. The van der Waals surface area contributed by atoms with Crippen LogP contribution in [0.2, 0.25) is 0 Å². The number of rotatable bonds is 3. The summed E-state index contributed by atoms with van der Waals surface area (Å²) in [7, 11) is -3.50. The van der Waals surface area contributed by atoms with Crippen LogP contribution in [0.4, 0.5) is 10.1 Å². The summed E-state index contributed by atoms with van der Waals surface area (Å²) < 4.78 is 45.8. The van der Waals surface area contributed by atoms with Gasteiger partial charge < -0.3 is 9.64 Å². The van der Waals surface area contributed by atoms with Gasteiger partial charge in [-0.05, 0) is 48.0 Å². The van der Waals surface area contributed by atoms with Crippen LogP contribution in [0.5, 0.6) is 5.75 Å². The topological polar surface area (TPSA) is 49.9 Å². The second-order valence-electron chi connectivity index (χ2n) is 6.24. The highest BCUT2D eigenvalue weighted by atomic mass is 32.2. The zero-order valence-corrected chi connectivity index (χ0v) is 14.5. The zero-order valence-electron chi connectivity index (χ0n) is 13.7. The lowest BCUT2D eigenvalue weighted by atomic mass is 10.2. The lowest BCUT2D eigenvalue weighted by molar-refractivity contribution is 0.356. The second kappa shape index (κ2) is 6.31. The van der Waals surface area contributed by atoms with Crippen LogP contribution in [0.25, 0.3) is 0 Å². The summed E-state index contributed by atoms with van der Waals surface area (Å²) in [6.07, 6.45) is 0.747. The number of hydrogen-bond acceptors (Lipinski definition) is 4. The predicted octanol–water partition coefficient (Wildman–Crippen LogP) is 2.27. The summed E-state index contributed by atoms with van der Waals surface area (Å²) in [5, 5.41) is 0. The molecule has 0 spiro atoms. The van der Waals surface area contributed by atoms with Crippen LogP contribution in [0.15, 0.2) is 47.4 Å². The first-order valence-corrected chi connectivity index (χ1v) is 9.74. The van der Waals surface area contributed by atoms with E-state index in [0.717, 1.165) is 23.4 Å². The van der Waals surface area contributed by atoms with Gasteiger partial charge in [-0.15, -0.1) is 0 Å². The number of fused-ring (bicyclic) bond motifs is 1. The van der Waals surface area contributed by atoms with Gasteiger partial charge in [0.1, 0.15) is 11.6 Å². The minimum atomic E-state index is -3.50. The van der Waals surface area contributed by atoms with Gasteiger partial charge >= 0.3 is 0 Å². The maximum atomic E-state index is 13.0. The van der Waals surface area contributed by atoms with Crippen LogP contribution in [-0.4, -0.2) is 45.5 Å². The standard InChI is InChI=1S/C18H19FN2O3S/c19-15-1-3-16(4-2-15)20-8-10-21(11-9-20)25(22,23)17-5-6-18-14(13-17)7-12-24-18/h1-6,13H,7-12H2. The first kappa shape index (κ1) is 16.4. The molecule has 0 radical (unpaired) electrons. The van der Waals surface area contributed by atoms with Gasteiger partial charge in [0.25, 0.3) is 0 Å². The van der Waals surface area contributed by atoms with E-state index < -0.39 is 10.0 Å². The summed E-state index contributed by atoms with van der Waals surface area (Å²) in [5.74, 6) is 0.505. The monoisotopic (exact) mass is 362 g/mol. The third-order valence-electron chi connectivity index (χ3n) is 4.73. The average Bonchev–Trinajstić information content (AvgIpc) is 3.10. The Hall–Kier alpha value is -2.12. The van der Waals surface area contributed by atoms with E-state index in [4.69, 9.17) is 4.74 Å². The lowest BCUT2D eigenvalue weighted by Gasteiger charge is -2.35. The summed E-state index contributed by atoms with van der Waals surface area (Å²) in [4.78, 5) is 2.40. The third kappa shape index (κ3) is 3.09. The molecule has 0 unspecified atom stereocenters. The first-order chi connectivity index (χ1) is 12.0. The van der Waals surface area contributed by atoms with Crippen LogP contribution in [0, 0.1) is 5.82 Å². The molecule has 0 aliphatic carbocycles. The fourth-order valence-electron chi connectivity index (χ4n) is 3.31. The number of anilines is 1. The minimum Gasteiger partial charge on any atom is -0.493 e. The molecule has 2 aliphatic rings. The number of hydrogen-bond donors (Lipinski definition) is 0. The van der Waals surface area contributed by atoms with Crippen LogP contribution in [-0.2, 0) is 16.4 Å². The quantitative estimate of drug-likeness (QED) is 0.841. The van der Waals surface area contributed by atoms with Gasteiger partial charge in [-0.3, -0.25) is 0 Å². The van der Waals surface area contributed by atoms with Crippen molar-refractivity contribution in [2.45, 2.75) is 11.3 Å². The summed E-state index contributed by atoms with van der Waals surface area (Å²) in [6, 6.07) is 11.4. The van der Waals surface area contributed by atoms with E-state index in [1.54, 1.807) is 30.3 Å². The SMILES string of the molecule is O=S(=O)(c1ccc2c(c1)CCO2)N1CCN(c2ccc(F)cc2)CC1. The number of halogens is 1. The van der Waals surface area contributed by atoms with Crippen LogP contribution >= 0.6 is 0 Å². The van der Waals surface area contributed by atoms with Gasteiger partial charge in [0, 0.05) is 38.3 Å². The van der Waals surface area contributed by atoms with Crippen molar-refractivity contribution in [1.29, 1.82) is 0 Å². The van der Waals surface area contributed by atoms with Crippen LogP contribution < -0.4 is 9.64 Å². The molecule has 2 aliphatic heterocycles. The van der Waals surface area contributed by atoms with Gasteiger partial charge in [0.15, 0.2) is 0 Å². The molecule has 7 heteroatoms. The molecule has 4 rings (SSSR count). The van der Waals surface area contributed by atoms with E-state index in [2.05, 4.69) is 4.90 Å². The summed E-state index contributed by atoms with van der Waals surface area (Å²) in [5.41, 5.74) is 1.86. The summed E-state index contributed by atoms with van der Waals surface area (Å²) in [6.45, 7) is 2.59. The van der Waals surface area contributed by atoms with Gasteiger partial charge in [-0.2, -0.15) is 4.31 Å². The summed E-state index contributed by atoms with van der Waals surface area (Å²) >= 11 is 0. The Morgan fingerprint density at radius 2 is 1.68 bits per heavy atom. The number of piperazine rings is 1. The Labute approximate surface area is 146 Å². The third-order valence-corrected chi connectivity index (χ3v) is 6.62. The van der Waals surface area contributed by atoms with E-state index in [9.17, 15) is 12.8 Å². The largest absolute Gasteiger partial charge is 0.493 e. The molecule has 0 N–H and O–H groups in total. The van der Waals surface area contributed by atoms with Crippen LogP contribution in [0.1, 0.15) is 5.56 Å². The molecule has 2 aromatic carbocycles. The van der Waals surface area contributed by atoms with Gasteiger partial charge in [-0.25, -0.2) is 12.8 Å². The molecule has 1 fully saturated rings. The van der Waals surface area contributed by atoms with Gasteiger partial charge in [0.2, 0.25) is 10.0 Å². The predicted molar refractivity (Wildman–Crippen MR) is 93.0 cm³/mol. The zero-order chi connectivity index (χ0) is 17.4. The Morgan fingerprint density at radius 1 is 0.960 bits per heavy atom. The molecule has 0 saturated carbocycles. The van der Waals surface area contributed by atoms with Crippen molar-refractivity contribution in [3.8, 4) is 5.75 Å². The number of ether oxygens (including phenoxy) is 1. The molecule has 2 heterocycles. The normalized spacial score (nSPS) is 18.0. The molecule has 5 nitrogen and oxygen atoms in total. The number of benzene rings is 2. The Balaban J connectivity index is 1.48. The average molecular weight is 362 g/mol. The molecule has 2 aromatic rings. The Kier molecular flexibility index (Phi) is 4.13. The molecular weight excluding hydrogens is 343 g/mol. The lowest BCUT2D eigenvalue weighted by Crippen LogP contribution is -2.48. The molecule has 0 amide bonds. The van der Waals surface area contributed by atoms with E-state index in [0.29, 0.717) is 37.7 Å². The Bertz CT molecular complexity index is 876. The van der Waals surface area contributed by atoms with Crippen molar-refractivity contribution in [3.05, 3.63) is 53.8 Å². The minimum absolute atomic E-state index is 0.273. The Morgan fingerprint density at radius 3 is 2.40 bits per heavy atom. The van der Waals surface area contributed by atoms with Crippen molar-refractivity contribution in [3.63, 3.8) is 0 Å². The van der Waals surface area contributed by atoms with Crippen molar-refractivity contribution in [2.75, 3.05) is 37.7 Å². The van der Waals surface area contributed by atoms with Gasteiger partial charge in [0.05, 0.1) is 11.5 Å². The van der Waals surface area contributed by atoms with Crippen molar-refractivity contribution < 1.29 is 17.5 Å². The molecule has 25 heavy (non-hydrogen) atoms. The highest BCUT2D eigenvalue weighted by Crippen LogP contribution is 2.29. The van der Waals surface area contributed by atoms with Crippen molar-refractivity contribution in [2.24, 2.45) is 0 Å². The maximum absolute atomic E-state index is 13.0. The molecule has 0 atom stereocenters. The highest BCUT2D eigenvalue weighted by molar-refractivity contribution is 7.89. The van der Waals surface area contributed by atoms with Crippen molar-refractivity contribution >= 4 is 15.7 Å². The molecule has 0 aromatic heterocycles. The second-order valence-corrected chi connectivity index (χ2v) is 8.17. The van der Waals surface area contributed by atoms with Crippen molar-refractivity contribution in [1.82, 2.24) is 4.31 Å². The smallest absolute Gasteiger partial charge is 0.243 e. The van der Waals surface area contributed by atoms with E-state index >= 15 is 0 Å². The fourth-order valence-corrected chi connectivity index (χ4v) is 4.78. The molecular formula is C18H19FN2O3S. The maximum Gasteiger partial charge on any atom is 0.243 e. The number of sulfonamides is 1. The molecule has 0 bridgehead atoms. The number of nitrogens with zero attached hydrogens (tertiary/aromatic N) is 2. The van der Waals surface area contributed by atoms with E-state index in [1.165, 1.54) is 16.4 Å². The first-order valence-electron chi connectivity index (χ1n) is 8.30. The van der Waals surface area contributed by atoms with E-state index in [-0.39, 0.29) is 5.82 Å². The van der Waals surface area contributed by atoms with Gasteiger partial charge in [-0.1, -0.05) is 0 Å². The van der Waals surface area contributed by atoms with E-state index in [1.807, 2.05) is 0 Å². The van der Waals surface area contributed by atoms with Crippen LogP contribution in [0.3, 0.4) is 0 Å².